The summed E-state index contributed by atoms with van der Waals surface area (Å²) in [6, 6.07) is 7.34. The number of aliphatic hydroxyl groups is 1. The standard InChI is InChI=1S/C12H16ClNO2S/c1-2-10(15)7-14-12(16)8-17-11-5-3-9(13)4-6-11/h3-6,10,15H,2,7-8H2,1H3,(H,14,16). The summed E-state index contributed by atoms with van der Waals surface area (Å²) in [6.45, 7) is 2.19. The predicted octanol–water partition coefficient (Wildman–Crippen LogP) is 2.32. The molecule has 0 aromatic heterocycles. The van der Waals surface area contributed by atoms with E-state index in [0.717, 1.165) is 4.90 Å². The van der Waals surface area contributed by atoms with Crippen molar-refractivity contribution in [1.29, 1.82) is 0 Å². The molecule has 1 rings (SSSR count). The average Bonchev–Trinajstić information content (AvgIpc) is 2.35. The second-order valence-corrected chi connectivity index (χ2v) is 5.09. The Labute approximate surface area is 111 Å². The topological polar surface area (TPSA) is 49.3 Å². The van der Waals surface area contributed by atoms with Crippen molar-refractivity contribution in [3.63, 3.8) is 0 Å². The molecule has 1 unspecified atom stereocenters. The maximum absolute atomic E-state index is 11.4. The third-order valence-electron chi connectivity index (χ3n) is 2.19. The highest BCUT2D eigenvalue weighted by atomic mass is 35.5. The van der Waals surface area contributed by atoms with Crippen LogP contribution in [0.25, 0.3) is 0 Å². The predicted molar refractivity (Wildman–Crippen MR) is 71.5 cm³/mol. The van der Waals surface area contributed by atoms with Crippen LogP contribution in [-0.4, -0.2) is 29.4 Å². The van der Waals surface area contributed by atoms with Crippen molar-refractivity contribution in [3.05, 3.63) is 29.3 Å². The van der Waals surface area contributed by atoms with Crippen molar-refractivity contribution in [2.45, 2.75) is 24.3 Å². The molecule has 17 heavy (non-hydrogen) atoms. The number of hydrogen-bond donors (Lipinski definition) is 2. The van der Waals surface area contributed by atoms with Gasteiger partial charge >= 0.3 is 0 Å². The molecule has 1 amide bonds. The summed E-state index contributed by atoms with van der Waals surface area (Å²) in [5, 5.41) is 12.7. The lowest BCUT2D eigenvalue weighted by atomic mass is 10.3. The molecule has 1 aromatic rings. The van der Waals surface area contributed by atoms with Gasteiger partial charge in [-0.2, -0.15) is 0 Å². The van der Waals surface area contributed by atoms with E-state index < -0.39 is 6.10 Å². The molecule has 0 saturated carbocycles. The number of aliphatic hydroxyl groups excluding tert-OH is 1. The SMILES string of the molecule is CCC(O)CNC(=O)CSc1ccc(Cl)cc1. The molecule has 0 aliphatic carbocycles. The summed E-state index contributed by atoms with van der Waals surface area (Å²) in [4.78, 5) is 12.4. The van der Waals surface area contributed by atoms with E-state index in [1.807, 2.05) is 19.1 Å². The first-order chi connectivity index (χ1) is 8.11. The highest BCUT2D eigenvalue weighted by Crippen LogP contribution is 2.19. The van der Waals surface area contributed by atoms with Gasteiger partial charge in [0.2, 0.25) is 5.91 Å². The van der Waals surface area contributed by atoms with Crippen LogP contribution in [0.15, 0.2) is 29.2 Å². The largest absolute Gasteiger partial charge is 0.391 e. The second-order valence-electron chi connectivity index (χ2n) is 3.61. The summed E-state index contributed by atoms with van der Waals surface area (Å²) < 4.78 is 0. The quantitative estimate of drug-likeness (QED) is 0.782. The van der Waals surface area contributed by atoms with Crippen LogP contribution in [0.1, 0.15) is 13.3 Å². The number of carbonyl (C=O) groups excluding carboxylic acids is 1. The lowest BCUT2D eigenvalue weighted by molar-refractivity contribution is -0.119. The maximum Gasteiger partial charge on any atom is 0.230 e. The van der Waals surface area contributed by atoms with Gasteiger partial charge in [-0.25, -0.2) is 0 Å². The first kappa shape index (κ1) is 14.4. The van der Waals surface area contributed by atoms with Crippen LogP contribution in [-0.2, 0) is 4.79 Å². The molecule has 0 radical (unpaired) electrons. The van der Waals surface area contributed by atoms with Gasteiger partial charge < -0.3 is 10.4 Å². The Morgan fingerprint density at radius 3 is 2.71 bits per heavy atom. The maximum atomic E-state index is 11.4. The fourth-order valence-corrected chi connectivity index (χ4v) is 1.96. The van der Waals surface area contributed by atoms with Gasteiger partial charge in [0.15, 0.2) is 0 Å². The van der Waals surface area contributed by atoms with Gasteiger partial charge in [0.05, 0.1) is 11.9 Å². The molecule has 0 spiro atoms. The summed E-state index contributed by atoms with van der Waals surface area (Å²) >= 11 is 7.20. The summed E-state index contributed by atoms with van der Waals surface area (Å²) in [5.41, 5.74) is 0. The third kappa shape index (κ3) is 5.96. The van der Waals surface area contributed by atoms with E-state index in [0.29, 0.717) is 23.7 Å². The fourth-order valence-electron chi connectivity index (χ4n) is 1.11. The van der Waals surface area contributed by atoms with E-state index in [1.165, 1.54) is 11.8 Å². The van der Waals surface area contributed by atoms with Crippen molar-refractivity contribution in [3.8, 4) is 0 Å². The Kier molecular flexibility index (Phi) is 6.40. The van der Waals surface area contributed by atoms with E-state index in [1.54, 1.807) is 12.1 Å². The second kappa shape index (κ2) is 7.58. The monoisotopic (exact) mass is 273 g/mol. The highest BCUT2D eigenvalue weighted by molar-refractivity contribution is 8.00. The zero-order valence-corrected chi connectivity index (χ0v) is 11.2. The van der Waals surface area contributed by atoms with Crippen LogP contribution in [0.4, 0.5) is 0 Å². The number of rotatable bonds is 6. The molecular formula is C12H16ClNO2S. The Hall–Kier alpha value is -0.710. The first-order valence-electron chi connectivity index (χ1n) is 5.45. The molecule has 1 aromatic carbocycles. The van der Waals surface area contributed by atoms with Crippen LogP contribution in [0.5, 0.6) is 0 Å². The number of nitrogens with one attached hydrogen (secondary N) is 1. The highest BCUT2D eigenvalue weighted by Gasteiger charge is 2.05. The van der Waals surface area contributed by atoms with E-state index in [9.17, 15) is 9.90 Å². The van der Waals surface area contributed by atoms with E-state index in [4.69, 9.17) is 11.6 Å². The van der Waals surface area contributed by atoms with Crippen molar-refractivity contribution in [2.24, 2.45) is 0 Å². The van der Waals surface area contributed by atoms with Crippen LogP contribution < -0.4 is 5.32 Å². The van der Waals surface area contributed by atoms with Crippen molar-refractivity contribution >= 4 is 29.3 Å². The zero-order chi connectivity index (χ0) is 12.7. The molecule has 0 saturated heterocycles. The fraction of sp³-hybridized carbons (Fsp3) is 0.417. The third-order valence-corrected chi connectivity index (χ3v) is 3.45. The Bertz CT molecular complexity index is 356. The summed E-state index contributed by atoms with van der Waals surface area (Å²) in [6.07, 6.45) is 0.185. The molecule has 3 nitrogen and oxygen atoms in total. The van der Waals surface area contributed by atoms with Gasteiger partial charge in [-0.1, -0.05) is 18.5 Å². The van der Waals surface area contributed by atoms with Gasteiger partial charge in [-0.3, -0.25) is 4.79 Å². The van der Waals surface area contributed by atoms with E-state index >= 15 is 0 Å². The van der Waals surface area contributed by atoms with Crippen LogP contribution >= 0.6 is 23.4 Å². The van der Waals surface area contributed by atoms with Crippen molar-refractivity contribution in [2.75, 3.05) is 12.3 Å². The van der Waals surface area contributed by atoms with E-state index in [-0.39, 0.29) is 5.91 Å². The lowest BCUT2D eigenvalue weighted by Gasteiger charge is -2.09. The molecule has 1 atom stereocenters. The zero-order valence-electron chi connectivity index (χ0n) is 9.65. The minimum absolute atomic E-state index is 0.0718. The molecule has 0 fully saturated rings. The molecule has 0 aliphatic rings. The minimum Gasteiger partial charge on any atom is -0.391 e. The minimum atomic E-state index is -0.459. The molecule has 0 aliphatic heterocycles. The molecule has 94 valence electrons. The Balaban J connectivity index is 2.26. The number of halogens is 1. The molecular weight excluding hydrogens is 258 g/mol. The van der Waals surface area contributed by atoms with Crippen LogP contribution in [0, 0.1) is 0 Å². The van der Waals surface area contributed by atoms with Gasteiger partial charge in [0.1, 0.15) is 0 Å². The number of thioether (sulfide) groups is 1. The van der Waals surface area contributed by atoms with Gasteiger partial charge in [0, 0.05) is 16.5 Å². The van der Waals surface area contributed by atoms with Gasteiger partial charge in [-0.05, 0) is 30.7 Å². The first-order valence-corrected chi connectivity index (χ1v) is 6.81. The van der Waals surface area contributed by atoms with Gasteiger partial charge in [0.25, 0.3) is 0 Å². The average molecular weight is 274 g/mol. The smallest absolute Gasteiger partial charge is 0.230 e. The number of benzene rings is 1. The van der Waals surface area contributed by atoms with Crippen LogP contribution in [0.2, 0.25) is 5.02 Å². The van der Waals surface area contributed by atoms with Crippen LogP contribution in [0.3, 0.4) is 0 Å². The number of carbonyl (C=O) groups is 1. The number of amides is 1. The van der Waals surface area contributed by atoms with Crippen molar-refractivity contribution in [1.82, 2.24) is 5.32 Å². The van der Waals surface area contributed by atoms with E-state index in [2.05, 4.69) is 5.32 Å². The molecule has 0 bridgehead atoms. The lowest BCUT2D eigenvalue weighted by Crippen LogP contribution is -2.32. The van der Waals surface area contributed by atoms with Crippen molar-refractivity contribution < 1.29 is 9.90 Å². The normalized spacial score (nSPS) is 12.2. The summed E-state index contributed by atoms with van der Waals surface area (Å²) in [7, 11) is 0. The number of hydrogen-bond acceptors (Lipinski definition) is 3. The Morgan fingerprint density at radius 1 is 1.47 bits per heavy atom. The van der Waals surface area contributed by atoms with Gasteiger partial charge in [-0.15, -0.1) is 11.8 Å². The summed E-state index contributed by atoms with van der Waals surface area (Å²) in [5.74, 6) is 0.273. The molecule has 0 heterocycles. The molecule has 2 N–H and O–H groups in total. The molecule has 5 heteroatoms. The Morgan fingerprint density at radius 2 is 2.12 bits per heavy atom.